The van der Waals surface area contributed by atoms with Gasteiger partial charge in [-0.15, -0.1) is 0 Å². The molecule has 1 aliphatic rings. The van der Waals surface area contributed by atoms with Gasteiger partial charge in [-0.3, -0.25) is 9.59 Å². The summed E-state index contributed by atoms with van der Waals surface area (Å²) < 4.78 is 5.58. The van der Waals surface area contributed by atoms with Crippen molar-refractivity contribution in [3.05, 3.63) is 35.9 Å². The predicted molar refractivity (Wildman–Crippen MR) is 92.5 cm³/mol. The molecule has 1 aromatic rings. The lowest BCUT2D eigenvalue weighted by Gasteiger charge is -2.38. The fraction of sp³-hybridized carbons (Fsp3) is 0.556. The monoisotopic (exact) mass is 333 g/mol. The molecule has 132 valence electrons. The van der Waals surface area contributed by atoms with Gasteiger partial charge in [0.15, 0.2) is 6.10 Å². The Labute approximate surface area is 143 Å². The van der Waals surface area contributed by atoms with Crippen molar-refractivity contribution in [1.29, 1.82) is 0 Å². The largest absolute Gasteiger partial charge is 0.356 e. The quantitative estimate of drug-likeness (QED) is 0.810. The molecule has 6 heteroatoms. The van der Waals surface area contributed by atoms with E-state index in [2.05, 4.69) is 24.1 Å². The second-order valence-electron chi connectivity index (χ2n) is 5.91. The Balaban J connectivity index is 2.05. The lowest BCUT2D eigenvalue weighted by atomic mass is 9.97. The summed E-state index contributed by atoms with van der Waals surface area (Å²) in [6.07, 6.45) is -0.688. The first kappa shape index (κ1) is 18.4. The zero-order valence-corrected chi connectivity index (χ0v) is 14.7. The molecule has 2 amide bonds. The van der Waals surface area contributed by atoms with E-state index in [4.69, 9.17) is 4.74 Å². The fourth-order valence-electron chi connectivity index (χ4n) is 2.96. The molecule has 0 unspecified atom stereocenters. The van der Waals surface area contributed by atoms with Gasteiger partial charge in [0, 0.05) is 20.1 Å². The van der Waals surface area contributed by atoms with Gasteiger partial charge in [-0.2, -0.15) is 0 Å². The van der Waals surface area contributed by atoms with Crippen LogP contribution in [0.2, 0.25) is 0 Å². The molecule has 0 spiro atoms. The lowest BCUT2D eigenvalue weighted by Crippen LogP contribution is -2.53. The van der Waals surface area contributed by atoms with Crippen LogP contribution in [0.5, 0.6) is 0 Å². The van der Waals surface area contributed by atoms with Gasteiger partial charge in [-0.25, -0.2) is 0 Å². The SMILES string of the molecule is CCN(CC)CCNC(=O)[C@@H]1OCC(=O)N(C)[C@@H]1c1ccccc1. The summed E-state index contributed by atoms with van der Waals surface area (Å²) in [4.78, 5) is 28.4. The average molecular weight is 333 g/mol. The highest BCUT2D eigenvalue weighted by Gasteiger charge is 2.39. The lowest BCUT2D eigenvalue weighted by molar-refractivity contribution is -0.162. The predicted octanol–water partition coefficient (Wildman–Crippen LogP) is 1.04. The molecule has 24 heavy (non-hydrogen) atoms. The number of nitrogens with zero attached hydrogens (tertiary/aromatic N) is 2. The normalized spacial score (nSPS) is 21.2. The first-order chi connectivity index (χ1) is 11.6. The molecule has 1 N–H and O–H groups in total. The maximum atomic E-state index is 12.6. The third-order valence-corrected chi connectivity index (χ3v) is 4.50. The number of amides is 2. The molecule has 1 aromatic carbocycles. The van der Waals surface area contributed by atoms with Crippen LogP contribution in [0.1, 0.15) is 25.5 Å². The second kappa shape index (κ2) is 8.80. The average Bonchev–Trinajstić information content (AvgIpc) is 2.61. The van der Waals surface area contributed by atoms with Crippen molar-refractivity contribution in [3.63, 3.8) is 0 Å². The van der Waals surface area contributed by atoms with E-state index >= 15 is 0 Å². The van der Waals surface area contributed by atoms with Crippen LogP contribution in [-0.2, 0) is 14.3 Å². The van der Waals surface area contributed by atoms with Gasteiger partial charge >= 0.3 is 0 Å². The molecule has 2 rings (SSSR count). The molecule has 1 heterocycles. The van der Waals surface area contributed by atoms with E-state index in [9.17, 15) is 9.59 Å². The number of likely N-dealkylation sites (N-methyl/N-ethyl adjacent to an activating group) is 2. The summed E-state index contributed by atoms with van der Waals surface area (Å²) in [5.74, 6) is -0.286. The molecule has 1 fully saturated rings. The van der Waals surface area contributed by atoms with Crippen molar-refractivity contribution in [1.82, 2.24) is 15.1 Å². The third kappa shape index (κ3) is 4.33. The van der Waals surface area contributed by atoms with Crippen LogP contribution in [0.3, 0.4) is 0 Å². The highest BCUT2D eigenvalue weighted by molar-refractivity contribution is 5.86. The minimum Gasteiger partial charge on any atom is -0.356 e. The van der Waals surface area contributed by atoms with Crippen molar-refractivity contribution < 1.29 is 14.3 Å². The minimum absolute atomic E-state index is 0.0615. The number of morpholine rings is 1. The molecule has 0 aromatic heterocycles. The third-order valence-electron chi connectivity index (χ3n) is 4.50. The van der Waals surface area contributed by atoms with Gasteiger partial charge in [-0.05, 0) is 18.7 Å². The number of carbonyl (C=O) groups is 2. The number of benzene rings is 1. The number of hydrogen-bond acceptors (Lipinski definition) is 4. The summed E-state index contributed by atoms with van der Waals surface area (Å²) in [7, 11) is 1.72. The number of ether oxygens (including phenoxy) is 1. The van der Waals surface area contributed by atoms with Gasteiger partial charge in [0.25, 0.3) is 5.91 Å². The maximum Gasteiger partial charge on any atom is 0.251 e. The van der Waals surface area contributed by atoms with Gasteiger partial charge < -0.3 is 19.9 Å². The van der Waals surface area contributed by atoms with Gasteiger partial charge in [0.1, 0.15) is 6.61 Å². The van der Waals surface area contributed by atoms with E-state index in [0.29, 0.717) is 6.54 Å². The second-order valence-corrected chi connectivity index (χ2v) is 5.91. The van der Waals surface area contributed by atoms with Crippen molar-refractivity contribution in [3.8, 4) is 0 Å². The Bertz CT molecular complexity index is 546. The number of nitrogens with one attached hydrogen (secondary N) is 1. The molecule has 2 atom stereocenters. The van der Waals surface area contributed by atoms with Crippen molar-refractivity contribution >= 4 is 11.8 Å². The smallest absolute Gasteiger partial charge is 0.251 e. The van der Waals surface area contributed by atoms with Crippen molar-refractivity contribution in [2.24, 2.45) is 0 Å². The van der Waals surface area contributed by atoms with Crippen LogP contribution in [0.15, 0.2) is 30.3 Å². The molecule has 1 aliphatic heterocycles. The van der Waals surface area contributed by atoms with Gasteiger partial charge in [-0.1, -0.05) is 44.2 Å². The first-order valence-corrected chi connectivity index (χ1v) is 8.50. The molecule has 1 saturated heterocycles. The highest BCUT2D eigenvalue weighted by atomic mass is 16.5. The van der Waals surface area contributed by atoms with E-state index in [1.54, 1.807) is 11.9 Å². The van der Waals surface area contributed by atoms with Crippen molar-refractivity contribution in [2.75, 3.05) is 39.8 Å². The van der Waals surface area contributed by atoms with Crippen LogP contribution < -0.4 is 5.32 Å². The van der Waals surface area contributed by atoms with E-state index < -0.39 is 12.1 Å². The number of hydrogen-bond donors (Lipinski definition) is 1. The molecule has 0 radical (unpaired) electrons. The molecule has 0 saturated carbocycles. The number of carbonyl (C=O) groups excluding carboxylic acids is 2. The number of rotatable bonds is 7. The van der Waals surface area contributed by atoms with Crippen LogP contribution in [0.25, 0.3) is 0 Å². The van der Waals surface area contributed by atoms with E-state index in [-0.39, 0.29) is 18.4 Å². The van der Waals surface area contributed by atoms with E-state index in [0.717, 1.165) is 25.2 Å². The van der Waals surface area contributed by atoms with Gasteiger partial charge in [0.05, 0.1) is 6.04 Å². The summed E-state index contributed by atoms with van der Waals surface area (Å²) in [6.45, 7) is 7.42. The standard InChI is InChI=1S/C18H27N3O3/c1-4-21(5-2)12-11-19-18(23)17-16(14-9-7-6-8-10-14)20(3)15(22)13-24-17/h6-10,16-17H,4-5,11-13H2,1-3H3,(H,19,23)/t16-,17-/m1/s1. The molecule has 6 nitrogen and oxygen atoms in total. The van der Waals surface area contributed by atoms with Crippen molar-refractivity contribution in [2.45, 2.75) is 26.0 Å². The Morgan fingerprint density at radius 1 is 1.29 bits per heavy atom. The summed E-state index contributed by atoms with van der Waals surface area (Å²) in [6, 6.07) is 9.14. The van der Waals surface area contributed by atoms with Crippen LogP contribution >= 0.6 is 0 Å². The van der Waals surface area contributed by atoms with Crippen LogP contribution in [0, 0.1) is 0 Å². The maximum absolute atomic E-state index is 12.6. The fourth-order valence-corrected chi connectivity index (χ4v) is 2.96. The molecule has 0 aliphatic carbocycles. The Kier molecular flexibility index (Phi) is 6.75. The van der Waals surface area contributed by atoms with Crippen LogP contribution in [0.4, 0.5) is 0 Å². The highest BCUT2D eigenvalue weighted by Crippen LogP contribution is 2.28. The zero-order chi connectivity index (χ0) is 17.5. The minimum atomic E-state index is -0.688. The Hall–Kier alpha value is -1.92. The summed E-state index contributed by atoms with van der Waals surface area (Å²) in [5.41, 5.74) is 0.900. The first-order valence-electron chi connectivity index (χ1n) is 8.50. The van der Waals surface area contributed by atoms with E-state index in [1.807, 2.05) is 30.3 Å². The zero-order valence-electron chi connectivity index (χ0n) is 14.7. The summed E-state index contributed by atoms with van der Waals surface area (Å²) >= 11 is 0. The van der Waals surface area contributed by atoms with Crippen LogP contribution in [-0.4, -0.2) is 67.6 Å². The van der Waals surface area contributed by atoms with Gasteiger partial charge in [0.2, 0.25) is 5.91 Å². The molecular weight excluding hydrogens is 306 g/mol. The van der Waals surface area contributed by atoms with E-state index in [1.165, 1.54) is 0 Å². The molecular formula is C18H27N3O3. The Morgan fingerprint density at radius 2 is 1.96 bits per heavy atom. The Morgan fingerprint density at radius 3 is 2.58 bits per heavy atom. The summed E-state index contributed by atoms with van der Waals surface area (Å²) in [5, 5.41) is 2.94. The topological polar surface area (TPSA) is 61.9 Å². The molecule has 0 bridgehead atoms.